The van der Waals surface area contributed by atoms with Crippen molar-refractivity contribution >= 4 is 65.2 Å². The van der Waals surface area contributed by atoms with Crippen molar-refractivity contribution in [2.45, 2.75) is 51.4 Å². The summed E-state index contributed by atoms with van der Waals surface area (Å²) in [7, 11) is 0. The van der Waals surface area contributed by atoms with Crippen molar-refractivity contribution in [3.05, 3.63) is 199 Å². The van der Waals surface area contributed by atoms with Crippen LogP contribution in [0.4, 0.5) is 0 Å². The summed E-state index contributed by atoms with van der Waals surface area (Å²) in [4.78, 5) is 15.7. The molecule has 66 heavy (non-hydrogen) atoms. The Morgan fingerprint density at radius 1 is 0.364 bits per heavy atom. The maximum Gasteiger partial charge on any atom is 0.164 e. The first-order valence-electron chi connectivity index (χ1n) is 23.2. The molecule has 0 amide bonds. The van der Waals surface area contributed by atoms with Crippen LogP contribution in [0.2, 0.25) is 0 Å². The van der Waals surface area contributed by atoms with E-state index in [1.54, 1.807) is 0 Å². The molecule has 3 aromatic heterocycles. The second-order valence-electron chi connectivity index (χ2n) is 19.5. The first-order valence-corrected chi connectivity index (χ1v) is 23.2. The molecule has 1 aliphatic carbocycles. The molecule has 12 aromatic rings. The maximum absolute atomic E-state index is 5.25. The summed E-state index contributed by atoms with van der Waals surface area (Å²) >= 11 is 0. The van der Waals surface area contributed by atoms with E-state index >= 15 is 0 Å². The minimum atomic E-state index is 0.0792. The molecule has 0 spiro atoms. The lowest BCUT2D eigenvalue weighted by Crippen LogP contribution is -2.33. The smallest absolute Gasteiger partial charge is 0.164 e. The summed E-state index contributed by atoms with van der Waals surface area (Å²) in [6, 6.07) is 67.9. The molecule has 0 radical (unpaired) electrons. The van der Waals surface area contributed by atoms with Gasteiger partial charge in [-0.2, -0.15) is 0 Å². The van der Waals surface area contributed by atoms with Crippen molar-refractivity contribution in [2.24, 2.45) is 0 Å². The zero-order valence-electron chi connectivity index (χ0n) is 37.5. The second kappa shape index (κ2) is 14.3. The summed E-state index contributed by atoms with van der Waals surface area (Å²) < 4.78 is 4.83. The Hall–Kier alpha value is -7.89. The minimum absolute atomic E-state index is 0.0792. The zero-order chi connectivity index (χ0) is 44.3. The van der Waals surface area contributed by atoms with Crippen LogP contribution in [0.15, 0.2) is 188 Å². The van der Waals surface area contributed by atoms with Crippen LogP contribution in [-0.2, 0) is 10.8 Å². The van der Waals surface area contributed by atoms with Crippen LogP contribution in [0.5, 0.6) is 0 Å². The molecule has 0 unspecified atom stereocenters. The Morgan fingerprint density at radius 3 is 1.47 bits per heavy atom. The topological polar surface area (TPSA) is 48.5 Å². The van der Waals surface area contributed by atoms with Crippen LogP contribution in [0.1, 0.15) is 51.7 Å². The Labute approximate surface area is 383 Å². The summed E-state index contributed by atoms with van der Waals surface area (Å²) in [5, 5.41) is 9.79. The van der Waals surface area contributed by atoms with Crippen LogP contribution in [-0.4, -0.2) is 24.1 Å². The SMILES string of the molecule is CC1(C)CCC(C)(C)c2cc3c(cc21)c1ccc2ccccc2c1n3-c1ccc(-c2nc(-c3ccc(-n4c5ccccc5c5ccccc54)cc3)nc(-c3cccc4ccccc34)n2)cc1. The highest BCUT2D eigenvalue weighted by atomic mass is 15.0. The lowest BCUT2D eigenvalue weighted by atomic mass is 9.63. The Morgan fingerprint density at radius 2 is 0.848 bits per heavy atom. The third-order valence-corrected chi connectivity index (χ3v) is 14.6. The number of hydrogen-bond donors (Lipinski definition) is 0. The summed E-state index contributed by atoms with van der Waals surface area (Å²) in [6.07, 6.45) is 2.34. The van der Waals surface area contributed by atoms with Crippen LogP contribution in [0.3, 0.4) is 0 Å². The molecule has 9 aromatic carbocycles. The van der Waals surface area contributed by atoms with Gasteiger partial charge in [0, 0.05) is 55.0 Å². The molecular weight excluding hydrogens is 803 g/mol. The average molecular weight is 850 g/mol. The molecule has 5 nitrogen and oxygen atoms in total. The number of para-hydroxylation sites is 2. The largest absolute Gasteiger partial charge is 0.309 e. The third kappa shape index (κ3) is 5.89. The van der Waals surface area contributed by atoms with Gasteiger partial charge >= 0.3 is 0 Å². The zero-order valence-corrected chi connectivity index (χ0v) is 37.5. The first-order chi connectivity index (χ1) is 32.2. The lowest BCUT2D eigenvalue weighted by molar-refractivity contribution is 0.332. The van der Waals surface area contributed by atoms with Gasteiger partial charge in [-0.1, -0.05) is 143 Å². The van der Waals surface area contributed by atoms with E-state index in [9.17, 15) is 0 Å². The van der Waals surface area contributed by atoms with E-state index in [-0.39, 0.29) is 10.8 Å². The monoisotopic (exact) mass is 849 g/mol. The van der Waals surface area contributed by atoms with E-state index in [1.807, 2.05) is 0 Å². The molecule has 1 aliphatic rings. The number of hydrogen-bond acceptors (Lipinski definition) is 3. The first kappa shape index (κ1) is 38.6. The lowest BCUT2D eigenvalue weighted by Gasteiger charge is -2.42. The Kier molecular flexibility index (Phi) is 8.36. The van der Waals surface area contributed by atoms with Gasteiger partial charge in [0.05, 0.1) is 22.1 Å². The molecule has 13 rings (SSSR count). The fraction of sp³-hybridized carbons (Fsp3) is 0.131. The highest BCUT2D eigenvalue weighted by Crippen LogP contribution is 2.49. The molecule has 5 heteroatoms. The number of nitrogens with zero attached hydrogens (tertiary/aromatic N) is 5. The van der Waals surface area contributed by atoms with Gasteiger partial charge in [-0.05, 0) is 124 Å². The second-order valence-corrected chi connectivity index (χ2v) is 19.5. The fourth-order valence-corrected chi connectivity index (χ4v) is 11.0. The van der Waals surface area contributed by atoms with E-state index in [1.165, 1.54) is 71.9 Å². The van der Waals surface area contributed by atoms with E-state index in [0.717, 1.165) is 45.3 Å². The van der Waals surface area contributed by atoms with Gasteiger partial charge < -0.3 is 9.13 Å². The van der Waals surface area contributed by atoms with E-state index in [2.05, 4.69) is 225 Å². The Bertz CT molecular complexity index is 3860. The summed E-state index contributed by atoms with van der Waals surface area (Å²) in [5.41, 5.74) is 13.0. The van der Waals surface area contributed by atoms with Crippen molar-refractivity contribution < 1.29 is 0 Å². The highest BCUT2D eigenvalue weighted by Gasteiger charge is 2.38. The molecule has 0 aliphatic heterocycles. The van der Waals surface area contributed by atoms with Gasteiger partial charge in [-0.15, -0.1) is 0 Å². The van der Waals surface area contributed by atoms with E-state index in [0.29, 0.717) is 17.5 Å². The third-order valence-electron chi connectivity index (χ3n) is 14.6. The fourth-order valence-electron chi connectivity index (χ4n) is 11.0. The van der Waals surface area contributed by atoms with Gasteiger partial charge in [0.25, 0.3) is 0 Å². The quantitative estimate of drug-likeness (QED) is 0.173. The molecule has 0 saturated carbocycles. The number of benzene rings is 9. The molecule has 316 valence electrons. The van der Waals surface area contributed by atoms with Gasteiger partial charge in [0.15, 0.2) is 17.5 Å². The van der Waals surface area contributed by atoms with Gasteiger partial charge in [0.2, 0.25) is 0 Å². The van der Waals surface area contributed by atoms with Gasteiger partial charge in [-0.3, -0.25) is 0 Å². The van der Waals surface area contributed by atoms with Crippen LogP contribution >= 0.6 is 0 Å². The molecule has 0 saturated heterocycles. The summed E-state index contributed by atoms with van der Waals surface area (Å²) in [5.74, 6) is 1.91. The number of aromatic nitrogens is 5. The normalized spacial score (nSPS) is 14.5. The standard InChI is InChI=1S/C61H47N5/c1-60(2)34-35-61(3,4)52-37-55-50(36-51(52)60)48-33-28-39-15-6-8-18-45(39)56(48)66(55)43-31-26-41(27-32-43)58-62-57(63-59(64-58)49-21-13-16-38-14-5-7-17-44(38)49)40-24-29-42(30-25-40)65-53-22-11-9-19-46(53)47-20-10-12-23-54(47)65/h5-33,36-37H,34-35H2,1-4H3. The van der Waals surface area contributed by atoms with Crippen LogP contribution < -0.4 is 0 Å². The predicted molar refractivity (Wildman–Crippen MR) is 275 cm³/mol. The van der Waals surface area contributed by atoms with Crippen molar-refractivity contribution in [3.8, 4) is 45.5 Å². The molecule has 0 fully saturated rings. The van der Waals surface area contributed by atoms with E-state index < -0.39 is 0 Å². The van der Waals surface area contributed by atoms with Crippen molar-refractivity contribution in [1.82, 2.24) is 24.1 Å². The van der Waals surface area contributed by atoms with Gasteiger partial charge in [-0.25, -0.2) is 15.0 Å². The molecule has 0 N–H and O–H groups in total. The van der Waals surface area contributed by atoms with Crippen LogP contribution in [0, 0.1) is 0 Å². The Balaban J connectivity index is 0.976. The maximum atomic E-state index is 5.25. The summed E-state index contributed by atoms with van der Waals surface area (Å²) in [6.45, 7) is 9.67. The van der Waals surface area contributed by atoms with Gasteiger partial charge in [0.1, 0.15) is 0 Å². The van der Waals surface area contributed by atoms with Crippen molar-refractivity contribution in [1.29, 1.82) is 0 Å². The average Bonchev–Trinajstić information content (AvgIpc) is 3.88. The van der Waals surface area contributed by atoms with Crippen LogP contribution in [0.25, 0.3) is 111 Å². The highest BCUT2D eigenvalue weighted by molar-refractivity contribution is 6.19. The molecule has 0 atom stereocenters. The number of rotatable bonds is 5. The van der Waals surface area contributed by atoms with Crippen molar-refractivity contribution in [2.75, 3.05) is 0 Å². The number of fused-ring (bicyclic) bond motifs is 10. The van der Waals surface area contributed by atoms with Crippen molar-refractivity contribution in [3.63, 3.8) is 0 Å². The predicted octanol–water partition coefficient (Wildman–Crippen LogP) is 15.7. The van der Waals surface area contributed by atoms with E-state index in [4.69, 9.17) is 15.0 Å². The molecule has 3 heterocycles. The minimum Gasteiger partial charge on any atom is -0.309 e. The molecular formula is C61H47N5. The molecule has 0 bridgehead atoms.